The zero-order valence-electron chi connectivity index (χ0n) is 28.5. The fourth-order valence-electron chi connectivity index (χ4n) is 5.15. The van der Waals surface area contributed by atoms with Crippen LogP contribution in [0, 0.1) is 0 Å². The Balaban J connectivity index is 1.38. The number of carbonyl (C=O) groups is 2. The van der Waals surface area contributed by atoms with E-state index in [4.69, 9.17) is 0 Å². The van der Waals surface area contributed by atoms with Gasteiger partial charge in [-0.25, -0.2) is 26.3 Å². The summed E-state index contributed by atoms with van der Waals surface area (Å²) in [4.78, 5) is 25.0. The summed E-state index contributed by atoms with van der Waals surface area (Å²) in [6, 6.07) is 20.2. The minimum Gasteiger partial charge on any atom is -0.384 e. The number of sulfonamides is 2. The Hall–Kier alpha value is -4.97. The fourth-order valence-corrected chi connectivity index (χ4v) is 6.95. The van der Waals surface area contributed by atoms with E-state index in [9.17, 15) is 39.6 Å². The number of alkyl halides is 3. The molecule has 0 aliphatic rings. The molecule has 17 heteroatoms. The first kappa shape index (κ1) is 39.8. The molecule has 0 heterocycles. The van der Waals surface area contributed by atoms with Crippen LogP contribution in [0.1, 0.15) is 43.0 Å². The Morgan fingerprint density at radius 2 is 1.12 bits per heavy atom. The van der Waals surface area contributed by atoms with Gasteiger partial charge in [-0.05, 0) is 85.1 Å². The molecular weight excluding hydrogens is 722 g/mol. The van der Waals surface area contributed by atoms with Crippen LogP contribution in [-0.2, 0) is 45.6 Å². The van der Waals surface area contributed by atoms with Crippen LogP contribution in [0.2, 0.25) is 0 Å². The third-order valence-electron chi connectivity index (χ3n) is 8.01. The molecule has 12 nitrogen and oxygen atoms in total. The minimum absolute atomic E-state index is 0.0474. The lowest BCUT2D eigenvalue weighted by atomic mass is 10.1. The normalized spacial score (nSPS) is 11.9. The van der Waals surface area contributed by atoms with Crippen LogP contribution in [0.15, 0.2) is 94.7 Å². The number of hydrogen-bond acceptors (Lipinski definition) is 8. The molecule has 0 saturated carbocycles. The predicted molar refractivity (Wildman–Crippen MR) is 192 cm³/mol. The van der Waals surface area contributed by atoms with Crippen molar-refractivity contribution in [1.29, 1.82) is 0 Å². The van der Waals surface area contributed by atoms with E-state index in [1.165, 1.54) is 69.7 Å². The number of hydrogen-bond donors (Lipinski definition) is 6. The van der Waals surface area contributed by atoms with E-state index in [1.54, 1.807) is 12.1 Å². The van der Waals surface area contributed by atoms with Crippen molar-refractivity contribution in [2.75, 3.05) is 44.9 Å². The van der Waals surface area contributed by atoms with Gasteiger partial charge < -0.3 is 21.3 Å². The fraction of sp³-hybridized carbons (Fsp3) is 0.257. The summed E-state index contributed by atoms with van der Waals surface area (Å²) in [5, 5.41) is 11.2. The first-order valence-electron chi connectivity index (χ1n) is 15.9. The van der Waals surface area contributed by atoms with Crippen LogP contribution in [0.4, 0.5) is 24.5 Å². The number of halogens is 3. The van der Waals surface area contributed by atoms with Crippen molar-refractivity contribution >= 4 is 43.2 Å². The van der Waals surface area contributed by atoms with Crippen molar-refractivity contribution in [3.63, 3.8) is 0 Å². The summed E-state index contributed by atoms with van der Waals surface area (Å²) >= 11 is 0. The molecule has 0 aliphatic carbocycles. The van der Waals surface area contributed by atoms with Crippen LogP contribution in [-0.4, -0.2) is 62.9 Å². The molecule has 0 spiro atoms. The average molecular weight is 761 g/mol. The quantitative estimate of drug-likeness (QED) is 0.0990. The number of carbonyl (C=O) groups excluding carboxylic acids is 2. The molecule has 0 bridgehead atoms. The van der Waals surface area contributed by atoms with Crippen molar-refractivity contribution in [3.05, 3.63) is 118 Å². The third kappa shape index (κ3) is 10.3. The zero-order chi connectivity index (χ0) is 38.1. The van der Waals surface area contributed by atoms with E-state index in [-0.39, 0.29) is 34.0 Å². The van der Waals surface area contributed by atoms with Crippen LogP contribution in [0.3, 0.4) is 0 Å². The number of benzene rings is 4. The molecule has 0 saturated heterocycles. The van der Waals surface area contributed by atoms with E-state index in [0.29, 0.717) is 41.9 Å². The standard InChI is InChI=1S/C35H39F3N6O6S2/c1-39-33(45)29-20-27(51(47,48)41-3)11-13-31(29)43-18-16-24-5-4-6-25(19-24)22-44-52(49,50)28-12-14-32(30(21-28)34(46)40-2)42-17-15-23-7-9-26(10-8-23)35(36,37)38/h4-14,19-21,41-44H,15-18,22H2,1-3H3,(H,39,45)(H,40,46). The third-order valence-corrected chi connectivity index (χ3v) is 10.8. The summed E-state index contributed by atoms with van der Waals surface area (Å²) in [6.07, 6.45) is -3.58. The first-order chi connectivity index (χ1) is 24.6. The molecule has 0 unspecified atom stereocenters. The van der Waals surface area contributed by atoms with Gasteiger partial charge in [-0.3, -0.25) is 9.59 Å². The zero-order valence-corrected chi connectivity index (χ0v) is 30.2. The second kappa shape index (κ2) is 17.0. The Morgan fingerprint density at radius 3 is 1.62 bits per heavy atom. The van der Waals surface area contributed by atoms with Crippen LogP contribution >= 0.6 is 0 Å². The highest BCUT2D eigenvalue weighted by molar-refractivity contribution is 7.89. The van der Waals surface area contributed by atoms with Gasteiger partial charge in [0.05, 0.1) is 26.5 Å². The predicted octanol–water partition coefficient (Wildman–Crippen LogP) is 4.12. The topological polar surface area (TPSA) is 175 Å². The molecule has 0 radical (unpaired) electrons. The van der Waals surface area contributed by atoms with E-state index in [1.807, 2.05) is 12.1 Å². The van der Waals surface area contributed by atoms with Crippen molar-refractivity contribution in [1.82, 2.24) is 20.1 Å². The maximum absolute atomic E-state index is 13.3. The highest BCUT2D eigenvalue weighted by Crippen LogP contribution is 2.29. The van der Waals surface area contributed by atoms with Crippen LogP contribution in [0.5, 0.6) is 0 Å². The minimum atomic E-state index is -4.43. The van der Waals surface area contributed by atoms with Gasteiger partial charge in [0, 0.05) is 45.1 Å². The molecule has 0 fully saturated rings. The number of nitrogens with one attached hydrogen (secondary N) is 6. The number of anilines is 2. The maximum atomic E-state index is 13.3. The van der Waals surface area contributed by atoms with E-state index in [0.717, 1.165) is 17.7 Å². The second-order valence-corrected chi connectivity index (χ2v) is 15.1. The highest BCUT2D eigenvalue weighted by atomic mass is 32.2. The molecule has 4 aromatic rings. The molecule has 0 aromatic heterocycles. The summed E-state index contributed by atoms with van der Waals surface area (Å²) < 4.78 is 94.4. The molecule has 6 N–H and O–H groups in total. The lowest BCUT2D eigenvalue weighted by molar-refractivity contribution is -0.137. The van der Waals surface area contributed by atoms with E-state index < -0.39 is 43.6 Å². The summed E-state index contributed by atoms with van der Waals surface area (Å²) in [7, 11) is -3.70. The lowest BCUT2D eigenvalue weighted by Crippen LogP contribution is -2.25. The molecule has 278 valence electrons. The Morgan fingerprint density at radius 1 is 0.615 bits per heavy atom. The summed E-state index contributed by atoms with van der Waals surface area (Å²) in [5.41, 5.74) is 2.46. The van der Waals surface area contributed by atoms with Crippen molar-refractivity contribution < 1.29 is 39.6 Å². The number of rotatable bonds is 16. The van der Waals surface area contributed by atoms with Crippen molar-refractivity contribution in [2.24, 2.45) is 0 Å². The van der Waals surface area contributed by atoms with Gasteiger partial charge in [-0.15, -0.1) is 0 Å². The highest BCUT2D eigenvalue weighted by Gasteiger charge is 2.30. The molecular formula is C35H39F3N6O6S2. The van der Waals surface area contributed by atoms with Gasteiger partial charge in [0.2, 0.25) is 20.0 Å². The van der Waals surface area contributed by atoms with Crippen molar-refractivity contribution in [2.45, 2.75) is 35.4 Å². The lowest BCUT2D eigenvalue weighted by Gasteiger charge is -2.15. The van der Waals surface area contributed by atoms with Crippen LogP contribution in [0.25, 0.3) is 0 Å². The molecule has 4 aromatic carbocycles. The monoisotopic (exact) mass is 760 g/mol. The van der Waals surface area contributed by atoms with Gasteiger partial charge in [0.1, 0.15) is 0 Å². The maximum Gasteiger partial charge on any atom is 0.416 e. The van der Waals surface area contributed by atoms with Gasteiger partial charge in [0.25, 0.3) is 11.8 Å². The Kier molecular flexibility index (Phi) is 13.0. The van der Waals surface area contributed by atoms with Gasteiger partial charge in [0.15, 0.2) is 0 Å². The summed E-state index contributed by atoms with van der Waals surface area (Å²) in [6.45, 7) is 0.604. The SMILES string of the molecule is CNC(=O)c1cc(S(=O)(=O)NC)ccc1NCCc1cccc(CNS(=O)(=O)c2ccc(NCCc3ccc(C(F)(F)F)cc3)c(C(=O)NC)c2)c1. The molecule has 52 heavy (non-hydrogen) atoms. The van der Waals surface area contributed by atoms with E-state index >= 15 is 0 Å². The first-order valence-corrected chi connectivity index (χ1v) is 18.9. The molecule has 0 aliphatic heterocycles. The number of amides is 2. The van der Waals surface area contributed by atoms with Crippen LogP contribution < -0.4 is 30.7 Å². The van der Waals surface area contributed by atoms with Gasteiger partial charge in [-0.1, -0.05) is 36.4 Å². The molecule has 2 amide bonds. The van der Waals surface area contributed by atoms with Gasteiger partial charge >= 0.3 is 6.18 Å². The molecule has 0 atom stereocenters. The smallest absolute Gasteiger partial charge is 0.384 e. The largest absolute Gasteiger partial charge is 0.416 e. The van der Waals surface area contributed by atoms with Gasteiger partial charge in [-0.2, -0.15) is 13.2 Å². The Bertz CT molecular complexity index is 2130. The Labute approximate surface area is 300 Å². The molecule has 4 rings (SSSR count). The second-order valence-electron chi connectivity index (χ2n) is 11.5. The summed E-state index contributed by atoms with van der Waals surface area (Å²) in [5.74, 6) is -0.994. The van der Waals surface area contributed by atoms with E-state index in [2.05, 4.69) is 30.7 Å². The van der Waals surface area contributed by atoms with Crippen molar-refractivity contribution in [3.8, 4) is 0 Å². The average Bonchev–Trinajstić information content (AvgIpc) is 3.13.